The molecule has 0 amide bonds. The van der Waals surface area contributed by atoms with Gasteiger partial charge >= 0.3 is 0 Å². The molecule has 5 atom stereocenters. The third-order valence-corrected chi connectivity index (χ3v) is 14.8. The van der Waals surface area contributed by atoms with Gasteiger partial charge in [0.2, 0.25) is 0 Å². The van der Waals surface area contributed by atoms with Gasteiger partial charge in [0.05, 0.1) is 39.6 Å². The SMILES string of the molecule is CC(C)(c1ccc(OCC2CC2)cc1)c1ccc(OCC2CO2)cc1.CC(C)(c1ccc(OCC2CO2)cc1)c1ccc(OCC2CO2)cc1.CC(C)(c1ccc(OCC2CO2)cc1)c1ccc(OCC2CO2)cc1.CCC.CCC. The molecule has 0 aromatic heterocycles. The van der Waals surface area contributed by atoms with Crippen molar-refractivity contribution in [3.63, 3.8) is 0 Å². The molecule has 6 aliphatic rings. The van der Waals surface area contributed by atoms with Crippen molar-refractivity contribution < 1.29 is 52.1 Å². The maximum Gasteiger partial charge on any atom is 0.119 e. The van der Waals surface area contributed by atoms with E-state index in [1.165, 1.54) is 59.1 Å². The van der Waals surface area contributed by atoms with E-state index in [1.807, 2.05) is 60.7 Å². The van der Waals surface area contributed by atoms with Crippen LogP contribution in [0.3, 0.4) is 0 Å². The lowest BCUT2D eigenvalue weighted by Crippen LogP contribution is -2.18. The highest BCUT2D eigenvalue weighted by Crippen LogP contribution is 2.37. The molecular formula is C70H90O11. The van der Waals surface area contributed by atoms with Crippen molar-refractivity contribution in [1.29, 1.82) is 0 Å². The smallest absolute Gasteiger partial charge is 0.119 e. The van der Waals surface area contributed by atoms with Crippen LogP contribution in [0.1, 0.15) is 128 Å². The van der Waals surface area contributed by atoms with Crippen molar-refractivity contribution in [3.05, 3.63) is 179 Å². The predicted molar refractivity (Wildman–Crippen MR) is 321 cm³/mol. The first-order chi connectivity index (χ1) is 39.2. The molecule has 11 heteroatoms. The summed E-state index contributed by atoms with van der Waals surface area (Å²) in [6, 6.07) is 50.3. The Balaban J connectivity index is 0.000000152. The lowest BCUT2D eigenvalue weighted by atomic mass is 9.78. The Kier molecular flexibility index (Phi) is 22.0. The average Bonchev–Trinajstić information content (AvgIpc) is 4.32. The van der Waals surface area contributed by atoms with Crippen LogP contribution in [0.2, 0.25) is 0 Å². The minimum atomic E-state index is -0.0870. The first-order valence-corrected chi connectivity index (χ1v) is 29.6. The lowest BCUT2D eigenvalue weighted by molar-refractivity contribution is 0.263. The maximum atomic E-state index is 5.84. The molecule has 12 rings (SSSR count). The maximum absolute atomic E-state index is 5.84. The molecule has 0 bridgehead atoms. The Morgan fingerprint density at radius 2 is 0.432 bits per heavy atom. The number of hydrogen-bond donors (Lipinski definition) is 0. The van der Waals surface area contributed by atoms with E-state index in [0.717, 1.165) is 80.1 Å². The molecule has 6 aromatic rings. The summed E-state index contributed by atoms with van der Waals surface area (Å²) < 4.78 is 60.3. The summed E-state index contributed by atoms with van der Waals surface area (Å²) in [5.41, 5.74) is 7.33. The van der Waals surface area contributed by atoms with E-state index >= 15 is 0 Å². The molecule has 0 spiro atoms. The topological polar surface area (TPSA) is 118 Å². The average molecular weight is 1110 g/mol. The molecular weight excluding hydrogens is 1020 g/mol. The normalized spacial score (nSPS) is 19.9. The minimum Gasteiger partial charge on any atom is -0.493 e. The zero-order valence-electron chi connectivity index (χ0n) is 49.9. The molecule has 81 heavy (non-hydrogen) atoms. The number of epoxide rings is 5. The van der Waals surface area contributed by atoms with Gasteiger partial charge < -0.3 is 52.1 Å². The first-order valence-electron chi connectivity index (χ1n) is 29.6. The van der Waals surface area contributed by atoms with E-state index in [4.69, 9.17) is 52.1 Å². The van der Waals surface area contributed by atoms with Gasteiger partial charge in [0.1, 0.15) is 98.1 Å². The highest BCUT2D eigenvalue weighted by atomic mass is 16.6. The van der Waals surface area contributed by atoms with E-state index in [0.29, 0.717) is 33.0 Å². The minimum absolute atomic E-state index is 0.0623. The van der Waals surface area contributed by atoms with E-state index in [2.05, 4.69) is 154 Å². The summed E-state index contributed by atoms with van der Waals surface area (Å²) in [7, 11) is 0. The van der Waals surface area contributed by atoms with Crippen LogP contribution in [0.5, 0.6) is 34.5 Å². The highest BCUT2D eigenvalue weighted by Gasteiger charge is 2.30. The van der Waals surface area contributed by atoms with Crippen LogP contribution in [-0.2, 0) is 39.9 Å². The van der Waals surface area contributed by atoms with E-state index < -0.39 is 0 Å². The largest absolute Gasteiger partial charge is 0.493 e. The molecule has 5 heterocycles. The standard InChI is InChI=1S/C22H26O3.2C21H24O4.2C3H8/c1-22(2,17-5-9-19(10-6-17)23-13-16-3-4-16)18-7-11-20(12-8-18)24-14-21-15-25-21;2*1-21(2,15-3-7-17(8-4-15)22-11-19-13-24-19)16-5-9-18(10-6-16)23-12-20-14-25-20;2*1-3-2/h5-12,16,21H,3-4,13-15H2,1-2H3;2*3-10,19-20H,11-14H2,1-2H3;2*3H2,1-2H3. The van der Waals surface area contributed by atoms with Gasteiger partial charge in [-0.15, -0.1) is 0 Å². The van der Waals surface area contributed by atoms with Crippen LogP contribution >= 0.6 is 0 Å². The molecule has 1 aliphatic carbocycles. The van der Waals surface area contributed by atoms with Crippen LogP contribution in [0.15, 0.2) is 146 Å². The summed E-state index contributed by atoms with van der Waals surface area (Å²) in [6.07, 6.45) is 6.55. The van der Waals surface area contributed by atoms with Crippen LogP contribution in [0.25, 0.3) is 0 Å². The summed E-state index contributed by atoms with van der Waals surface area (Å²) in [5, 5.41) is 0. The molecule has 1 saturated carbocycles. The summed E-state index contributed by atoms with van der Waals surface area (Å²) in [5.74, 6) is 6.21. The molecule has 6 fully saturated rings. The van der Waals surface area contributed by atoms with E-state index in [9.17, 15) is 0 Å². The quantitative estimate of drug-likeness (QED) is 0.0539. The molecule has 5 aliphatic heterocycles. The first kappa shape index (κ1) is 61.0. The molecule has 0 N–H and O–H groups in total. The van der Waals surface area contributed by atoms with Crippen molar-refractivity contribution in [2.75, 3.05) is 72.7 Å². The second-order valence-electron chi connectivity index (χ2n) is 23.5. The second-order valence-corrected chi connectivity index (χ2v) is 23.5. The van der Waals surface area contributed by atoms with Gasteiger partial charge in [-0.25, -0.2) is 0 Å². The Morgan fingerprint density at radius 3 is 0.568 bits per heavy atom. The van der Waals surface area contributed by atoms with Crippen LogP contribution in [0, 0.1) is 5.92 Å². The van der Waals surface area contributed by atoms with Crippen molar-refractivity contribution in [2.24, 2.45) is 5.92 Å². The third kappa shape index (κ3) is 20.1. The van der Waals surface area contributed by atoms with Crippen molar-refractivity contribution >= 4 is 0 Å². The predicted octanol–water partition coefficient (Wildman–Crippen LogP) is 14.5. The number of rotatable bonds is 24. The molecule has 6 aromatic carbocycles. The summed E-state index contributed by atoms with van der Waals surface area (Å²) in [4.78, 5) is 0. The monoisotopic (exact) mass is 1110 g/mol. The van der Waals surface area contributed by atoms with Gasteiger partial charge in [-0.3, -0.25) is 0 Å². The van der Waals surface area contributed by atoms with Crippen LogP contribution in [0.4, 0.5) is 0 Å². The Morgan fingerprint density at radius 1 is 0.284 bits per heavy atom. The number of hydrogen-bond acceptors (Lipinski definition) is 11. The Hall–Kier alpha value is -6.08. The third-order valence-electron chi connectivity index (χ3n) is 14.8. The van der Waals surface area contributed by atoms with E-state index in [1.54, 1.807) is 0 Å². The number of benzene rings is 6. The Bertz CT molecular complexity index is 2240. The molecule has 11 nitrogen and oxygen atoms in total. The summed E-state index contributed by atoms with van der Waals surface area (Å²) >= 11 is 0. The lowest BCUT2D eigenvalue weighted by Gasteiger charge is -2.26. The molecule has 5 saturated heterocycles. The van der Waals surface area contributed by atoms with Crippen LogP contribution < -0.4 is 28.4 Å². The van der Waals surface area contributed by atoms with Crippen LogP contribution in [-0.4, -0.2) is 103 Å². The number of ether oxygens (including phenoxy) is 11. The van der Waals surface area contributed by atoms with Crippen molar-refractivity contribution in [1.82, 2.24) is 0 Å². The molecule has 436 valence electrons. The van der Waals surface area contributed by atoms with Gasteiger partial charge in [0, 0.05) is 16.2 Å². The van der Waals surface area contributed by atoms with Gasteiger partial charge in [0.25, 0.3) is 0 Å². The fourth-order valence-electron chi connectivity index (χ4n) is 8.57. The second kappa shape index (κ2) is 29.3. The fourth-order valence-corrected chi connectivity index (χ4v) is 8.57. The van der Waals surface area contributed by atoms with Gasteiger partial charge in [-0.2, -0.15) is 0 Å². The Labute approximate surface area is 483 Å². The zero-order valence-corrected chi connectivity index (χ0v) is 49.9. The van der Waals surface area contributed by atoms with Gasteiger partial charge in [-0.1, -0.05) is 155 Å². The molecule has 5 unspecified atom stereocenters. The van der Waals surface area contributed by atoms with Crippen molar-refractivity contribution in [3.8, 4) is 34.5 Å². The van der Waals surface area contributed by atoms with E-state index in [-0.39, 0.29) is 46.8 Å². The highest BCUT2D eigenvalue weighted by molar-refractivity contribution is 5.45. The zero-order chi connectivity index (χ0) is 57.2. The van der Waals surface area contributed by atoms with Gasteiger partial charge in [-0.05, 0) is 125 Å². The summed E-state index contributed by atoms with van der Waals surface area (Å²) in [6.45, 7) is 30.1. The van der Waals surface area contributed by atoms with Crippen molar-refractivity contribution in [2.45, 2.75) is 142 Å². The molecule has 0 radical (unpaired) electrons. The fraction of sp³-hybridized carbons (Fsp3) is 0.486. The van der Waals surface area contributed by atoms with Gasteiger partial charge in [0.15, 0.2) is 0 Å².